The summed E-state index contributed by atoms with van der Waals surface area (Å²) in [6.07, 6.45) is 1.67. The van der Waals surface area contributed by atoms with Gasteiger partial charge in [-0.05, 0) is 49.7 Å². The number of amides is 1. The molecule has 1 aromatic heterocycles. The predicted octanol–water partition coefficient (Wildman–Crippen LogP) is 4.95. The molecule has 2 atom stereocenters. The first-order valence-electron chi connectivity index (χ1n) is 12.4. The summed E-state index contributed by atoms with van der Waals surface area (Å²) in [5.41, 5.74) is 4.39. The average Bonchev–Trinajstić information content (AvgIpc) is 3.30. The predicted molar refractivity (Wildman–Crippen MR) is 151 cm³/mol. The summed E-state index contributed by atoms with van der Waals surface area (Å²) in [5, 5.41) is 7.15. The highest BCUT2D eigenvalue weighted by molar-refractivity contribution is 6.41. The first-order chi connectivity index (χ1) is 18.3. The zero-order chi connectivity index (χ0) is 27.0. The zero-order valence-electron chi connectivity index (χ0n) is 21.6. The third-order valence-electron chi connectivity index (χ3n) is 6.77. The Morgan fingerprint density at radius 3 is 2.26 bits per heavy atom. The monoisotopic (exact) mass is 553 g/mol. The molecule has 2 N–H and O–H groups in total. The third kappa shape index (κ3) is 5.04. The number of piperazine rings is 1. The van der Waals surface area contributed by atoms with Gasteiger partial charge in [-0.1, -0.05) is 23.2 Å². The summed E-state index contributed by atoms with van der Waals surface area (Å²) in [6, 6.07) is 12.0. The van der Waals surface area contributed by atoms with E-state index in [2.05, 4.69) is 39.4 Å². The third-order valence-corrected chi connectivity index (χ3v) is 7.52. The first-order valence-corrected chi connectivity index (χ1v) is 13.1. The van der Waals surface area contributed by atoms with E-state index in [0.29, 0.717) is 62.8 Å². The molecule has 2 aromatic carbocycles. The SMILES string of the molecule is COc1cc(OC)c(Cl)c(-c2cc3c(cn2)C(NC(=O)c2ccc(N4C[C@@H](C)N[C@@H](C)C4)cc2)=NC3)c1Cl. The maximum atomic E-state index is 13.0. The van der Waals surface area contributed by atoms with Crippen molar-refractivity contribution in [2.45, 2.75) is 32.5 Å². The van der Waals surface area contributed by atoms with E-state index in [1.165, 1.54) is 14.2 Å². The number of ether oxygens (including phenoxy) is 2. The van der Waals surface area contributed by atoms with Crippen molar-refractivity contribution >= 4 is 40.6 Å². The Hall–Kier alpha value is -3.33. The molecule has 0 saturated carbocycles. The Kier molecular flexibility index (Phi) is 7.47. The number of aromatic nitrogens is 1. The summed E-state index contributed by atoms with van der Waals surface area (Å²) in [7, 11) is 3.05. The van der Waals surface area contributed by atoms with Crippen LogP contribution in [0.25, 0.3) is 11.3 Å². The van der Waals surface area contributed by atoms with Gasteiger partial charge in [0.1, 0.15) is 17.3 Å². The van der Waals surface area contributed by atoms with Crippen molar-refractivity contribution in [1.82, 2.24) is 15.6 Å². The minimum absolute atomic E-state index is 0.224. The number of benzene rings is 2. The number of aliphatic imine (C=N–C) groups is 1. The number of nitrogens with zero attached hydrogens (tertiary/aromatic N) is 3. The highest BCUT2D eigenvalue weighted by atomic mass is 35.5. The van der Waals surface area contributed by atoms with Gasteiger partial charge in [0.25, 0.3) is 5.91 Å². The fraction of sp³-hybridized carbons (Fsp3) is 0.321. The maximum Gasteiger partial charge on any atom is 0.256 e. The molecule has 2 aliphatic rings. The van der Waals surface area contributed by atoms with Crippen LogP contribution in [0, 0.1) is 0 Å². The van der Waals surface area contributed by atoms with Gasteiger partial charge in [0, 0.05) is 59.8 Å². The highest BCUT2D eigenvalue weighted by Gasteiger charge is 2.25. The second-order valence-electron chi connectivity index (χ2n) is 9.55. The molecule has 198 valence electrons. The lowest BCUT2D eigenvalue weighted by molar-refractivity contribution is 0.0977. The minimum Gasteiger partial charge on any atom is -0.495 e. The van der Waals surface area contributed by atoms with Crippen molar-refractivity contribution in [1.29, 1.82) is 0 Å². The number of halogens is 2. The lowest BCUT2D eigenvalue weighted by Crippen LogP contribution is -2.54. The fourth-order valence-corrected chi connectivity index (χ4v) is 5.68. The number of amidine groups is 1. The lowest BCUT2D eigenvalue weighted by atomic mass is 10.0. The van der Waals surface area contributed by atoms with Crippen LogP contribution in [-0.2, 0) is 6.54 Å². The molecule has 38 heavy (non-hydrogen) atoms. The second kappa shape index (κ2) is 10.8. The van der Waals surface area contributed by atoms with Crippen LogP contribution in [0.2, 0.25) is 10.0 Å². The Morgan fingerprint density at radius 1 is 1.03 bits per heavy atom. The molecule has 0 spiro atoms. The Labute approximate surface area is 232 Å². The Bertz CT molecular complexity index is 1370. The number of methoxy groups -OCH3 is 2. The van der Waals surface area contributed by atoms with Crippen LogP contribution in [0.3, 0.4) is 0 Å². The molecule has 0 aliphatic carbocycles. The molecule has 0 radical (unpaired) electrons. The van der Waals surface area contributed by atoms with Crippen molar-refractivity contribution < 1.29 is 14.3 Å². The number of carbonyl (C=O) groups is 1. The van der Waals surface area contributed by atoms with Crippen molar-refractivity contribution in [2.24, 2.45) is 4.99 Å². The topological polar surface area (TPSA) is 88.1 Å². The van der Waals surface area contributed by atoms with Gasteiger partial charge in [-0.15, -0.1) is 0 Å². The van der Waals surface area contributed by atoms with E-state index in [0.717, 1.165) is 29.9 Å². The van der Waals surface area contributed by atoms with Gasteiger partial charge in [-0.3, -0.25) is 14.8 Å². The van der Waals surface area contributed by atoms with Gasteiger partial charge in [-0.2, -0.15) is 0 Å². The quantitative estimate of drug-likeness (QED) is 0.464. The minimum atomic E-state index is -0.224. The molecular weight excluding hydrogens is 525 g/mol. The Balaban J connectivity index is 1.33. The lowest BCUT2D eigenvalue weighted by Gasteiger charge is -2.37. The highest BCUT2D eigenvalue weighted by Crippen LogP contribution is 2.45. The number of hydrogen-bond donors (Lipinski definition) is 2. The standard InChI is InChI=1S/C28H29Cl2N5O3/c1-15-13-35(14-16(2)33-15)19-7-5-17(6-8-19)28(36)34-27-20-12-31-21(9-18(20)11-32-27)24-25(29)22(37-3)10-23(38-4)26(24)30/h5-10,12,15-16,33H,11,13-14H2,1-4H3,(H,32,34,36)/t15-,16+. The van der Waals surface area contributed by atoms with Crippen LogP contribution >= 0.6 is 23.2 Å². The number of carbonyl (C=O) groups excluding carboxylic acids is 1. The summed E-state index contributed by atoms with van der Waals surface area (Å²) < 4.78 is 10.8. The first kappa shape index (κ1) is 26.3. The van der Waals surface area contributed by atoms with E-state index in [-0.39, 0.29) is 5.91 Å². The number of rotatable bonds is 5. The van der Waals surface area contributed by atoms with E-state index >= 15 is 0 Å². The largest absolute Gasteiger partial charge is 0.495 e. The molecule has 8 nitrogen and oxygen atoms in total. The van der Waals surface area contributed by atoms with E-state index in [1.807, 2.05) is 30.3 Å². The molecule has 2 aliphatic heterocycles. The summed E-state index contributed by atoms with van der Waals surface area (Å²) in [5.74, 6) is 1.12. The molecule has 3 aromatic rings. The average molecular weight is 554 g/mol. The Morgan fingerprint density at radius 2 is 1.66 bits per heavy atom. The molecule has 5 rings (SSSR count). The van der Waals surface area contributed by atoms with E-state index < -0.39 is 0 Å². The molecule has 0 unspecified atom stereocenters. The van der Waals surface area contributed by atoms with E-state index in [4.69, 9.17) is 32.7 Å². The van der Waals surface area contributed by atoms with Crippen LogP contribution in [0.5, 0.6) is 11.5 Å². The van der Waals surface area contributed by atoms with Crippen molar-refractivity contribution in [3.05, 3.63) is 69.3 Å². The summed E-state index contributed by atoms with van der Waals surface area (Å²) >= 11 is 13.1. The molecule has 3 heterocycles. The van der Waals surface area contributed by atoms with Gasteiger partial charge in [0.2, 0.25) is 0 Å². The van der Waals surface area contributed by atoms with E-state index in [9.17, 15) is 4.79 Å². The van der Waals surface area contributed by atoms with Crippen LogP contribution in [0.15, 0.2) is 47.6 Å². The molecule has 1 amide bonds. The second-order valence-corrected chi connectivity index (χ2v) is 10.3. The van der Waals surface area contributed by atoms with Crippen LogP contribution in [0.1, 0.15) is 35.3 Å². The molecule has 1 fully saturated rings. The van der Waals surface area contributed by atoms with Gasteiger partial charge in [-0.25, -0.2) is 0 Å². The van der Waals surface area contributed by atoms with E-state index in [1.54, 1.807) is 12.3 Å². The smallest absolute Gasteiger partial charge is 0.256 e. The normalized spacial score (nSPS) is 18.6. The number of pyridine rings is 1. The van der Waals surface area contributed by atoms with Gasteiger partial charge in [0.05, 0.1) is 36.5 Å². The fourth-order valence-electron chi connectivity index (χ4n) is 4.99. The number of nitrogens with one attached hydrogen (secondary N) is 2. The molecular formula is C28H29Cl2N5O3. The van der Waals surface area contributed by atoms with Crippen LogP contribution in [0.4, 0.5) is 5.69 Å². The van der Waals surface area contributed by atoms with Gasteiger partial charge >= 0.3 is 0 Å². The molecule has 0 bridgehead atoms. The van der Waals surface area contributed by atoms with Crippen molar-refractivity contribution in [2.75, 3.05) is 32.2 Å². The summed E-state index contributed by atoms with van der Waals surface area (Å²) in [6.45, 7) is 6.61. The number of fused-ring (bicyclic) bond motifs is 1. The molecule has 10 heteroatoms. The zero-order valence-corrected chi connectivity index (χ0v) is 23.2. The summed E-state index contributed by atoms with van der Waals surface area (Å²) in [4.78, 5) is 24.5. The number of anilines is 1. The number of hydrogen-bond acceptors (Lipinski definition) is 7. The van der Waals surface area contributed by atoms with Crippen molar-refractivity contribution in [3.8, 4) is 22.8 Å². The van der Waals surface area contributed by atoms with Crippen LogP contribution < -0.4 is 25.0 Å². The van der Waals surface area contributed by atoms with Crippen molar-refractivity contribution in [3.63, 3.8) is 0 Å². The van der Waals surface area contributed by atoms with Gasteiger partial charge in [0.15, 0.2) is 0 Å². The van der Waals surface area contributed by atoms with Crippen LogP contribution in [-0.4, -0.2) is 56.1 Å². The van der Waals surface area contributed by atoms with Gasteiger partial charge < -0.3 is 25.0 Å². The maximum absolute atomic E-state index is 13.0. The molecule has 1 saturated heterocycles.